The Bertz CT molecular complexity index is 959. The van der Waals surface area contributed by atoms with E-state index in [1.807, 2.05) is 45.0 Å². The zero-order chi connectivity index (χ0) is 23.4. The van der Waals surface area contributed by atoms with Gasteiger partial charge in [-0.1, -0.05) is 26.0 Å². The molecule has 0 saturated heterocycles. The Morgan fingerprint density at radius 1 is 1.16 bits per heavy atom. The van der Waals surface area contributed by atoms with E-state index in [1.54, 1.807) is 6.92 Å². The van der Waals surface area contributed by atoms with Gasteiger partial charge >= 0.3 is 11.9 Å². The number of methoxy groups -OCH3 is 1. The molecule has 3 rings (SSSR count). The molecule has 3 atom stereocenters. The van der Waals surface area contributed by atoms with Crippen LogP contribution in [-0.4, -0.2) is 38.0 Å². The Balaban J connectivity index is 2.11. The molecule has 1 N–H and O–H groups in total. The monoisotopic (exact) mass is 441 g/mol. The quantitative estimate of drug-likeness (QED) is 0.510. The molecule has 1 aliphatic carbocycles. The van der Waals surface area contributed by atoms with Crippen molar-refractivity contribution >= 4 is 17.7 Å². The van der Waals surface area contributed by atoms with E-state index in [0.29, 0.717) is 35.6 Å². The summed E-state index contributed by atoms with van der Waals surface area (Å²) in [4.78, 5) is 39.0. The summed E-state index contributed by atoms with van der Waals surface area (Å²) >= 11 is 0. The van der Waals surface area contributed by atoms with E-state index in [2.05, 4.69) is 5.32 Å². The number of hydrogen-bond acceptors (Lipinski definition) is 7. The lowest BCUT2D eigenvalue weighted by Crippen LogP contribution is -2.43. The van der Waals surface area contributed by atoms with Crippen LogP contribution in [-0.2, 0) is 23.9 Å². The van der Waals surface area contributed by atoms with E-state index in [-0.39, 0.29) is 18.3 Å². The van der Waals surface area contributed by atoms with E-state index in [4.69, 9.17) is 14.2 Å². The van der Waals surface area contributed by atoms with Crippen LogP contribution in [0, 0.1) is 11.8 Å². The number of nitrogens with one attached hydrogen (secondary N) is 1. The second kappa shape index (κ2) is 10.0. The zero-order valence-corrected chi connectivity index (χ0v) is 19.3. The van der Waals surface area contributed by atoms with E-state index in [0.717, 1.165) is 17.7 Å². The fraction of sp³-hybridized carbons (Fsp3) is 0.480. The second-order valence-corrected chi connectivity index (χ2v) is 8.17. The summed E-state index contributed by atoms with van der Waals surface area (Å²) in [7, 11) is 1.28. The van der Waals surface area contributed by atoms with Crippen molar-refractivity contribution < 1.29 is 28.6 Å². The van der Waals surface area contributed by atoms with Crippen LogP contribution in [0.5, 0.6) is 5.75 Å². The molecule has 0 aromatic heterocycles. The van der Waals surface area contributed by atoms with Crippen molar-refractivity contribution in [1.29, 1.82) is 0 Å². The summed E-state index contributed by atoms with van der Waals surface area (Å²) in [5.41, 5.74) is 2.95. The SMILES string of the molecule is CCCOc1ccc(C2C(C(=O)OCC)=C(C)NC3=C2C(=O)C(C(=O)OC)C(C)C3)cc1. The Morgan fingerprint density at radius 3 is 2.44 bits per heavy atom. The van der Waals surface area contributed by atoms with Gasteiger partial charge in [0.05, 0.1) is 25.9 Å². The number of carbonyl (C=O) groups excluding carboxylic acids is 3. The minimum Gasteiger partial charge on any atom is -0.494 e. The molecule has 1 aromatic rings. The maximum atomic E-state index is 13.6. The van der Waals surface area contributed by atoms with Gasteiger partial charge in [0.2, 0.25) is 0 Å². The summed E-state index contributed by atoms with van der Waals surface area (Å²) in [6.07, 6.45) is 1.39. The average molecular weight is 442 g/mol. The third kappa shape index (κ3) is 4.42. The molecule has 1 heterocycles. The minimum absolute atomic E-state index is 0.216. The summed E-state index contributed by atoms with van der Waals surface area (Å²) in [6, 6.07) is 7.38. The van der Waals surface area contributed by atoms with Crippen LogP contribution in [0.2, 0.25) is 0 Å². The predicted molar refractivity (Wildman–Crippen MR) is 119 cm³/mol. The van der Waals surface area contributed by atoms with Crippen molar-refractivity contribution in [3.05, 3.63) is 52.4 Å². The van der Waals surface area contributed by atoms with Crippen molar-refractivity contribution in [2.45, 2.75) is 46.5 Å². The molecule has 0 saturated carbocycles. The zero-order valence-electron chi connectivity index (χ0n) is 19.3. The molecule has 172 valence electrons. The number of ketones is 1. The van der Waals surface area contributed by atoms with E-state index in [9.17, 15) is 14.4 Å². The molecule has 0 fully saturated rings. The Hall–Kier alpha value is -3.09. The molecule has 1 aliphatic heterocycles. The summed E-state index contributed by atoms with van der Waals surface area (Å²) < 4.78 is 15.9. The van der Waals surface area contributed by atoms with Gasteiger partial charge < -0.3 is 19.5 Å². The van der Waals surface area contributed by atoms with Gasteiger partial charge in [0.15, 0.2) is 5.78 Å². The summed E-state index contributed by atoms with van der Waals surface area (Å²) in [5.74, 6) is -2.41. The third-order valence-electron chi connectivity index (χ3n) is 5.92. The normalized spacial score (nSPS) is 22.8. The van der Waals surface area contributed by atoms with Gasteiger partial charge in [-0.25, -0.2) is 4.79 Å². The molecule has 3 unspecified atom stereocenters. The molecule has 0 spiro atoms. The van der Waals surface area contributed by atoms with E-state index < -0.39 is 23.8 Å². The molecule has 2 aliphatic rings. The van der Waals surface area contributed by atoms with Gasteiger partial charge in [-0.2, -0.15) is 0 Å². The molecule has 1 aromatic carbocycles. The van der Waals surface area contributed by atoms with Crippen LogP contribution in [0.25, 0.3) is 0 Å². The number of esters is 2. The van der Waals surface area contributed by atoms with Crippen molar-refractivity contribution in [3.63, 3.8) is 0 Å². The number of carbonyl (C=O) groups is 3. The van der Waals surface area contributed by atoms with Crippen LogP contribution >= 0.6 is 0 Å². The van der Waals surface area contributed by atoms with Gasteiger partial charge in [0.25, 0.3) is 0 Å². The van der Waals surface area contributed by atoms with Gasteiger partial charge in [-0.15, -0.1) is 0 Å². The highest BCUT2D eigenvalue weighted by molar-refractivity contribution is 6.12. The van der Waals surface area contributed by atoms with E-state index in [1.165, 1.54) is 7.11 Å². The van der Waals surface area contributed by atoms with Crippen LogP contribution in [0.1, 0.15) is 52.0 Å². The molecule has 7 heteroatoms. The molecule has 7 nitrogen and oxygen atoms in total. The smallest absolute Gasteiger partial charge is 0.336 e. The number of benzene rings is 1. The minimum atomic E-state index is -0.905. The van der Waals surface area contributed by atoms with Crippen molar-refractivity contribution in [3.8, 4) is 5.75 Å². The molecule has 32 heavy (non-hydrogen) atoms. The van der Waals surface area contributed by atoms with Crippen molar-refractivity contribution in [1.82, 2.24) is 5.32 Å². The van der Waals surface area contributed by atoms with Crippen LogP contribution in [0.3, 0.4) is 0 Å². The maximum Gasteiger partial charge on any atom is 0.336 e. The van der Waals surface area contributed by atoms with Gasteiger partial charge in [-0.3, -0.25) is 9.59 Å². The lowest BCUT2D eigenvalue weighted by Gasteiger charge is -2.38. The summed E-state index contributed by atoms with van der Waals surface area (Å²) in [6.45, 7) is 8.26. The number of rotatable bonds is 7. The molecular weight excluding hydrogens is 410 g/mol. The number of ether oxygens (including phenoxy) is 3. The molecule has 0 radical (unpaired) electrons. The number of hydrogen-bond donors (Lipinski definition) is 1. The van der Waals surface area contributed by atoms with Crippen LogP contribution < -0.4 is 10.1 Å². The third-order valence-corrected chi connectivity index (χ3v) is 5.92. The first-order valence-corrected chi connectivity index (χ1v) is 11.1. The fourth-order valence-electron chi connectivity index (χ4n) is 4.47. The highest BCUT2D eigenvalue weighted by atomic mass is 16.5. The van der Waals surface area contributed by atoms with Crippen LogP contribution in [0.15, 0.2) is 46.8 Å². The van der Waals surface area contributed by atoms with E-state index >= 15 is 0 Å². The molecule has 0 amide bonds. The highest BCUT2D eigenvalue weighted by Crippen LogP contribution is 2.45. The molecule has 0 bridgehead atoms. The van der Waals surface area contributed by atoms with Crippen LogP contribution in [0.4, 0.5) is 0 Å². The van der Waals surface area contributed by atoms with Crippen molar-refractivity contribution in [2.75, 3.05) is 20.3 Å². The standard InChI is InChI=1S/C25H31NO6/c1-6-12-32-17-10-8-16(9-11-17)21-20(25(29)31-7-2)15(4)26-18-13-14(3)19(24(28)30-5)23(27)22(18)21/h8-11,14,19,21,26H,6-7,12-13H2,1-5H3. The summed E-state index contributed by atoms with van der Waals surface area (Å²) in [5, 5.41) is 3.25. The second-order valence-electron chi connectivity index (χ2n) is 8.17. The fourth-order valence-corrected chi connectivity index (χ4v) is 4.47. The molecular formula is C25H31NO6. The maximum absolute atomic E-state index is 13.6. The average Bonchev–Trinajstić information content (AvgIpc) is 2.77. The lowest BCUT2D eigenvalue weighted by atomic mass is 9.69. The number of dihydropyridines is 1. The van der Waals surface area contributed by atoms with Gasteiger partial charge in [-0.05, 0) is 50.3 Å². The van der Waals surface area contributed by atoms with Crippen molar-refractivity contribution in [2.24, 2.45) is 11.8 Å². The topological polar surface area (TPSA) is 90.9 Å². The number of Topliss-reactive ketones (excluding diaryl/α,β-unsaturated/α-hetero) is 1. The predicted octanol–water partition coefficient (Wildman–Crippen LogP) is 3.65. The first-order chi connectivity index (χ1) is 15.3. The van der Waals surface area contributed by atoms with Gasteiger partial charge in [0, 0.05) is 22.9 Å². The largest absolute Gasteiger partial charge is 0.494 e. The number of allylic oxidation sites excluding steroid dienone is 3. The Kier molecular flexibility index (Phi) is 7.38. The highest BCUT2D eigenvalue weighted by Gasteiger charge is 2.47. The first kappa shape index (κ1) is 23.6. The first-order valence-electron chi connectivity index (χ1n) is 11.1. The Labute approximate surface area is 188 Å². The van der Waals surface area contributed by atoms with Gasteiger partial charge in [0.1, 0.15) is 11.7 Å². The Morgan fingerprint density at radius 2 is 1.84 bits per heavy atom. The lowest BCUT2D eigenvalue weighted by molar-refractivity contribution is -0.151.